The molecule has 0 aliphatic rings. The smallest absolute Gasteiger partial charge is 0.215 e. The normalized spacial score (nSPS) is 11.1. The fourth-order valence-corrected chi connectivity index (χ4v) is 5.15. The molecule has 38 heavy (non-hydrogen) atoms. The Hall–Kier alpha value is -4.37. The molecule has 0 aliphatic carbocycles. The van der Waals surface area contributed by atoms with Crippen molar-refractivity contribution in [2.24, 2.45) is 0 Å². The van der Waals surface area contributed by atoms with Gasteiger partial charge in [-0.25, -0.2) is 8.89 Å². The van der Waals surface area contributed by atoms with Crippen LogP contribution in [0.2, 0.25) is 0 Å². The average molecular weight is 531 g/mol. The van der Waals surface area contributed by atoms with Crippen LogP contribution in [0.5, 0.6) is 0 Å². The number of nitrogens with two attached hydrogens (primary N) is 2. The van der Waals surface area contributed by atoms with Gasteiger partial charge >= 0.3 is 0 Å². The van der Waals surface area contributed by atoms with Crippen molar-refractivity contribution in [3.8, 4) is 5.69 Å². The second-order valence-corrected chi connectivity index (χ2v) is 8.99. The predicted octanol–water partition coefficient (Wildman–Crippen LogP) is 5.89. The molecule has 5 rings (SSSR count). The minimum absolute atomic E-state index is 0.302. The van der Waals surface area contributed by atoms with E-state index in [0.717, 1.165) is 5.39 Å². The minimum atomic E-state index is -1.62. The third-order valence-electron chi connectivity index (χ3n) is 5.58. The van der Waals surface area contributed by atoms with Gasteiger partial charge in [0.15, 0.2) is 11.0 Å². The predicted molar refractivity (Wildman–Crippen MR) is 158 cm³/mol. The monoisotopic (exact) mass is 530 g/mol. The summed E-state index contributed by atoms with van der Waals surface area (Å²) in [6.07, 6.45) is 1.49. The zero-order valence-electron chi connectivity index (χ0n) is 22.3. The van der Waals surface area contributed by atoms with Crippen LogP contribution in [0.1, 0.15) is 43.7 Å². The lowest BCUT2D eigenvalue weighted by molar-refractivity contribution is 0.103. The summed E-state index contributed by atoms with van der Waals surface area (Å²) in [6, 6.07) is 23.5. The van der Waals surface area contributed by atoms with E-state index in [1.54, 1.807) is 52.1 Å². The van der Waals surface area contributed by atoms with E-state index in [0.29, 0.717) is 44.5 Å². The Morgan fingerprint density at radius 2 is 1.53 bits per heavy atom. The van der Waals surface area contributed by atoms with E-state index in [1.165, 1.54) is 6.20 Å². The van der Waals surface area contributed by atoms with Crippen LogP contribution in [-0.2, 0) is 11.0 Å². The van der Waals surface area contributed by atoms with Crippen molar-refractivity contribution in [2.45, 2.75) is 32.6 Å². The van der Waals surface area contributed by atoms with Gasteiger partial charge in [0.1, 0.15) is 11.5 Å². The molecular weight excluding hydrogens is 496 g/mol. The highest BCUT2D eigenvalue weighted by Gasteiger charge is 2.26. The largest absolute Gasteiger partial charge is 0.397 e. The first-order valence-corrected chi connectivity index (χ1v) is 13.6. The molecular formula is C29H34N6O2S. The zero-order valence-corrected chi connectivity index (χ0v) is 23.1. The number of hydrogen-bond acceptors (Lipinski definition) is 6. The second-order valence-electron chi connectivity index (χ2n) is 7.66. The van der Waals surface area contributed by atoms with Crippen molar-refractivity contribution in [1.82, 2.24) is 13.8 Å². The van der Waals surface area contributed by atoms with Gasteiger partial charge in [-0.2, -0.15) is 5.10 Å². The average Bonchev–Trinajstić information content (AvgIpc) is 3.58. The first-order chi connectivity index (χ1) is 18.5. The number of para-hydroxylation sites is 1. The summed E-state index contributed by atoms with van der Waals surface area (Å²) in [6.45, 7) is 8.00. The SMILES string of the molecule is CC.CC.CNc1c(C(=O)c2cc3ccccc3n2S(=O)c2ccccc2)cnn1-c1ccc(N)c(N)c1. The number of nitrogens with zero attached hydrogens (tertiary/aromatic N) is 3. The van der Waals surface area contributed by atoms with Crippen molar-refractivity contribution < 1.29 is 9.00 Å². The summed E-state index contributed by atoms with van der Waals surface area (Å²) in [4.78, 5) is 14.4. The lowest BCUT2D eigenvalue weighted by Crippen LogP contribution is -2.15. The van der Waals surface area contributed by atoms with Crippen LogP contribution < -0.4 is 16.8 Å². The topological polar surface area (TPSA) is 121 Å². The van der Waals surface area contributed by atoms with Crippen LogP contribution in [-0.4, -0.2) is 30.8 Å². The molecule has 2 heterocycles. The van der Waals surface area contributed by atoms with Gasteiger partial charge in [0.2, 0.25) is 5.78 Å². The molecule has 0 saturated carbocycles. The van der Waals surface area contributed by atoms with Crippen molar-refractivity contribution in [2.75, 3.05) is 23.8 Å². The molecule has 0 amide bonds. The molecule has 2 aromatic heterocycles. The lowest BCUT2D eigenvalue weighted by Gasteiger charge is -2.12. The molecule has 5 aromatic rings. The molecule has 5 N–H and O–H groups in total. The Morgan fingerprint density at radius 3 is 2.18 bits per heavy atom. The number of aromatic nitrogens is 3. The molecule has 198 valence electrons. The molecule has 0 bridgehead atoms. The lowest BCUT2D eigenvalue weighted by atomic mass is 10.1. The third kappa shape index (κ3) is 5.33. The number of ketones is 1. The fourth-order valence-electron chi connectivity index (χ4n) is 3.89. The van der Waals surface area contributed by atoms with E-state index in [9.17, 15) is 9.00 Å². The maximum atomic E-state index is 13.8. The molecule has 9 heteroatoms. The fraction of sp³-hybridized carbons (Fsp3) is 0.172. The number of carbonyl (C=O) groups excluding carboxylic acids is 1. The summed E-state index contributed by atoms with van der Waals surface area (Å²) in [5.74, 6) is 0.177. The maximum absolute atomic E-state index is 13.8. The quantitative estimate of drug-likeness (QED) is 0.186. The molecule has 8 nitrogen and oxygen atoms in total. The number of hydrogen-bond donors (Lipinski definition) is 3. The molecule has 1 atom stereocenters. The van der Waals surface area contributed by atoms with Crippen LogP contribution in [0.3, 0.4) is 0 Å². The molecule has 0 radical (unpaired) electrons. The van der Waals surface area contributed by atoms with Crippen LogP contribution in [0.25, 0.3) is 16.6 Å². The van der Waals surface area contributed by atoms with Gasteiger partial charge in [-0.15, -0.1) is 0 Å². The molecule has 0 saturated heterocycles. The van der Waals surface area contributed by atoms with Crippen molar-refractivity contribution in [3.05, 3.63) is 96.3 Å². The first kappa shape index (κ1) is 28.2. The Balaban J connectivity index is 0.000000956. The van der Waals surface area contributed by atoms with Gasteiger partial charge < -0.3 is 16.8 Å². The van der Waals surface area contributed by atoms with Crippen LogP contribution in [0, 0.1) is 0 Å². The van der Waals surface area contributed by atoms with Gasteiger partial charge in [0, 0.05) is 12.4 Å². The number of fused-ring (bicyclic) bond motifs is 1. The van der Waals surface area contributed by atoms with Crippen molar-refractivity contribution in [1.29, 1.82) is 0 Å². The maximum Gasteiger partial charge on any atom is 0.215 e. The van der Waals surface area contributed by atoms with E-state index in [1.807, 2.05) is 70.2 Å². The van der Waals surface area contributed by atoms with Gasteiger partial charge in [-0.1, -0.05) is 64.1 Å². The van der Waals surface area contributed by atoms with Gasteiger partial charge in [0.05, 0.1) is 39.2 Å². The number of carbonyl (C=O) groups is 1. The highest BCUT2D eigenvalue weighted by molar-refractivity contribution is 7.83. The van der Waals surface area contributed by atoms with E-state index >= 15 is 0 Å². The Bertz CT molecular complexity index is 1560. The minimum Gasteiger partial charge on any atom is -0.397 e. The van der Waals surface area contributed by atoms with E-state index in [-0.39, 0.29) is 5.78 Å². The molecule has 1 unspecified atom stereocenters. The van der Waals surface area contributed by atoms with Crippen LogP contribution >= 0.6 is 0 Å². The van der Waals surface area contributed by atoms with Crippen LogP contribution in [0.15, 0.2) is 90.0 Å². The summed E-state index contributed by atoms with van der Waals surface area (Å²) < 4.78 is 16.8. The molecule has 3 aromatic carbocycles. The van der Waals surface area contributed by atoms with Crippen LogP contribution in [0.4, 0.5) is 17.2 Å². The highest BCUT2D eigenvalue weighted by atomic mass is 32.2. The number of rotatable bonds is 6. The second kappa shape index (κ2) is 12.7. The summed E-state index contributed by atoms with van der Waals surface area (Å²) in [5.41, 5.74) is 14.7. The number of nitrogen functional groups attached to an aromatic ring is 2. The zero-order chi connectivity index (χ0) is 27.8. The van der Waals surface area contributed by atoms with E-state index in [4.69, 9.17) is 11.5 Å². The Morgan fingerprint density at radius 1 is 0.868 bits per heavy atom. The summed E-state index contributed by atoms with van der Waals surface area (Å²) in [7, 11) is 0.0891. The summed E-state index contributed by atoms with van der Waals surface area (Å²) in [5, 5.41) is 8.30. The molecule has 0 spiro atoms. The third-order valence-corrected chi connectivity index (χ3v) is 6.98. The van der Waals surface area contributed by atoms with Gasteiger partial charge in [-0.05, 0) is 42.5 Å². The highest BCUT2D eigenvalue weighted by Crippen LogP contribution is 2.29. The number of anilines is 3. The van der Waals surface area contributed by atoms with Crippen molar-refractivity contribution in [3.63, 3.8) is 0 Å². The first-order valence-electron chi connectivity index (χ1n) is 12.5. The molecule has 0 fully saturated rings. The van der Waals surface area contributed by atoms with Gasteiger partial charge in [0.25, 0.3) is 0 Å². The standard InChI is InChI=1S/C25H22N6O2S.2C2H6/c1-28-25-19(15-29-30(25)17-11-12-20(26)21(27)14-17)24(32)23-13-16-7-5-6-10-22(16)31(23)34(33)18-8-3-2-4-9-18;2*1-2/h2-15,28H,26-27H2,1H3;2*1-2H3. The van der Waals surface area contributed by atoms with E-state index < -0.39 is 11.0 Å². The van der Waals surface area contributed by atoms with E-state index in [2.05, 4.69) is 10.4 Å². The Kier molecular flexibility index (Phi) is 9.45. The molecule has 0 aliphatic heterocycles. The summed E-state index contributed by atoms with van der Waals surface area (Å²) >= 11 is 0. The van der Waals surface area contributed by atoms with Gasteiger partial charge in [-0.3, -0.25) is 8.77 Å². The number of benzene rings is 3. The Labute approximate surface area is 225 Å². The number of nitrogens with one attached hydrogen (secondary N) is 1. The van der Waals surface area contributed by atoms with Crippen molar-refractivity contribution >= 4 is 44.9 Å².